The molecular formula is C13H23N3O5. The van der Waals surface area contributed by atoms with Crippen molar-refractivity contribution in [2.75, 3.05) is 6.54 Å². The predicted octanol–water partition coefficient (Wildman–Crippen LogP) is -0.0876. The molecule has 0 radical (unpaired) electrons. The van der Waals surface area contributed by atoms with E-state index in [1.165, 1.54) is 11.8 Å². The summed E-state index contributed by atoms with van der Waals surface area (Å²) in [5.41, 5.74) is 5.03. The Hall–Kier alpha value is -1.83. The van der Waals surface area contributed by atoms with Gasteiger partial charge in [0, 0.05) is 12.6 Å². The number of hydrogen-bond donors (Lipinski definition) is 3. The quantitative estimate of drug-likeness (QED) is 0.670. The van der Waals surface area contributed by atoms with Crippen molar-refractivity contribution in [3.63, 3.8) is 0 Å². The van der Waals surface area contributed by atoms with Crippen LogP contribution in [0, 0.1) is 0 Å². The van der Waals surface area contributed by atoms with Crippen molar-refractivity contribution in [1.29, 1.82) is 0 Å². The number of carbonyl (C=O) groups is 3. The number of aliphatic carboxylic acids is 1. The summed E-state index contributed by atoms with van der Waals surface area (Å²) in [5, 5.41) is 11.5. The lowest BCUT2D eigenvalue weighted by atomic mass is 10.2. The topological polar surface area (TPSA) is 122 Å². The summed E-state index contributed by atoms with van der Waals surface area (Å²) < 4.78 is 5.05. The third kappa shape index (κ3) is 4.89. The average molecular weight is 301 g/mol. The first-order valence-electron chi connectivity index (χ1n) is 6.79. The molecule has 21 heavy (non-hydrogen) atoms. The van der Waals surface area contributed by atoms with Gasteiger partial charge in [-0.2, -0.15) is 0 Å². The Morgan fingerprint density at radius 2 is 1.95 bits per heavy atom. The van der Waals surface area contributed by atoms with Gasteiger partial charge in [-0.05, 0) is 34.1 Å². The van der Waals surface area contributed by atoms with Crippen molar-refractivity contribution in [1.82, 2.24) is 10.2 Å². The molecule has 0 unspecified atom stereocenters. The number of alkyl carbamates (subject to hydrolysis) is 1. The van der Waals surface area contributed by atoms with E-state index >= 15 is 0 Å². The second kappa shape index (κ2) is 6.30. The molecule has 8 nitrogen and oxygen atoms in total. The number of rotatable bonds is 3. The summed E-state index contributed by atoms with van der Waals surface area (Å²) in [4.78, 5) is 36.2. The minimum Gasteiger partial charge on any atom is -0.480 e. The smallest absolute Gasteiger partial charge is 0.408 e. The summed E-state index contributed by atoms with van der Waals surface area (Å²) in [7, 11) is 0. The number of hydrogen-bond acceptors (Lipinski definition) is 5. The minimum atomic E-state index is -1.10. The molecule has 1 aliphatic rings. The average Bonchev–Trinajstić information content (AvgIpc) is 2.67. The number of carboxylic acid groups (broad SMARTS) is 1. The molecule has 0 bridgehead atoms. The Morgan fingerprint density at radius 1 is 1.38 bits per heavy atom. The first kappa shape index (κ1) is 17.2. The Morgan fingerprint density at radius 3 is 2.43 bits per heavy atom. The first-order valence-corrected chi connectivity index (χ1v) is 6.79. The lowest BCUT2D eigenvalue weighted by Gasteiger charge is -2.26. The molecule has 3 atom stereocenters. The lowest BCUT2D eigenvalue weighted by molar-refractivity contribution is -0.148. The molecule has 0 aromatic carbocycles. The summed E-state index contributed by atoms with van der Waals surface area (Å²) in [5.74, 6) is -1.58. The number of carboxylic acids is 1. The van der Waals surface area contributed by atoms with Gasteiger partial charge >= 0.3 is 12.1 Å². The summed E-state index contributed by atoms with van der Waals surface area (Å²) >= 11 is 0. The standard InChI is InChI=1S/C13H23N3O5/c1-7(15-12(20)21-13(2,3)4)10(17)16-6-8(14)5-9(16)11(18)19/h7-9H,5-6,14H2,1-4H3,(H,15,20)(H,18,19)/t7-,8-,9-/m0/s1. The summed E-state index contributed by atoms with van der Waals surface area (Å²) in [6, 6.07) is -2.20. The third-order valence-electron chi connectivity index (χ3n) is 3.01. The maximum Gasteiger partial charge on any atom is 0.408 e. The molecule has 1 rings (SSSR count). The Bertz CT molecular complexity index is 432. The Balaban J connectivity index is 2.65. The van der Waals surface area contributed by atoms with Crippen LogP contribution in [0.15, 0.2) is 0 Å². The maximum absolute atomic E-state index is 12.2. The van der Waals surface area contributed by atoms with Gasteiger partial charge in [0.2, 0.25) is 5.91 Å². The van der Waals surface area contributed by atoms with Crippen LogP contribution in [-0.2, 0) is 14.3 Å². The highest BCUT2D eigenvalue weighted by Crippen LogP contribution is 2.18. The third-order valence-corrected chi connectivity index (χ3v) is 3.01. The van der Waals surface area contributed by atoms with E-state index in [1.54, 1.807) is 20.8 Å². The van der Waals surface area contributed by atoms with E-state index in [9.17, 15) is 14.4 Å². The van der Waals surface area contributed by atoms with Crippen molar-refractivity contribution in [2.24, 2.45) is 5.73 Å². The fourth-order valence-electron chi connectivity index (χ4n) is 2.14. The molecule has 1 heterocycles. The molecule has 1 aliphatic heterocycles. The van der Waals surface area contributed by atoms with Gasteiger partial charge in [-0.25, -0.2) is 9.59 Å². The number of nitrogens with zero attached hydrogens (tertiary/aromatic N) is 1. The fourth-order valence-corrected chi connectivity index (χ4v) is 2.14. The van der Waals surface area contributed by atoms with Crippen LogP contribution >= 0.6 is 0 Å². The zero-order valence-corrected chi connectivity index (χ0v) is 12.8. The SMILES string of the molecule is C[C@H](NC(=O)OC(C)(C)C)C(=O)N1C[C@@H](N)C[C@H]1C(=O)O. The largest absolute Gasteiger partial charge is 0.480 e. The molecule has 4 N–H and O–H groups in total. The molecular weight excluding hydrogens is 278 g/mol. The van der Waals surface area contributed by atoms with E-state index in [0.717, 1.165) is 0 Å². The van der Waals surface area contributed by atoms with Crippen LogP contribution in [0.5, 0.6) is 0 Å². The van der Waals surface area contributed by atoms with Gasteiger partial charge in [-0.15, -0.1) is 0 Å². The molecule has 0 spiro atoms. The summed E-state index contributed by atoms with van der Waals surface area (Å²) in [6.45, 7) is 6.77. The summed E-state index contributed by atoms with van der Waals surface area (Å²) in [6.07, 6.45) is -0.515. The number of amides is 2. The molecule has 0 aromatic rings. The van der Waals surface area contributed by atoms with Crippen LogP contribution in [0.2, 0.25) is 0 Å². The molecule has 8 heteroatoms. The second-order valence-corrected chi connectivity index (χ2v) is 6.21. The van der Waals surface area contributed by atoms with Gasteiger partial charge in [-0.1, -0.05) is 0 Å². The normalized spacial score (nSPS) is 23.6. The van der Waals surface area contributed by atoms with Crippen LogP contribution < -0.4 is 11.1 Å². The molecule has 2 amide bonds. The molecule has 0 aliphatic carbocycles. The van der Waals surface area contributed by atoms with Gasteiger partial charge in [0.1, 0.15) is 17.7 Å². The van der Waals surface area contributed by atoms with Crippen LogP contribution in [0.4, 0.5) is 4.79 Å². The monoisotopic (exact) mass is 301 g/mol. The van der Waals surface area contributed by atoms with E-state index in [1.807, 2.05) is 0 Å². The molecule has 1 fully saturated rings. The highest BCUT2D eigenvalue weighted by molar-refractivity contribution is 5.89. The van der Waals surface area contributed by atoms with E-state index in [-0.39, 0.29) is 19.0 Å². The van der Waals surface area contributed by atoms with Gasteiger partial charge in [0.05, 0.1) is 0 Å². The van der Waals surface area contributed by atoms with Crippen molar-refractivity contribution in [2.45, 2.75) is 57.8 Å². The van der Waals surface area contributed by atoms with Gasteiger partial charge in [0.25, 0.3) is 0 Å². The predicted molar refractivity (Wildman–Crippen MR) is 74.6 cm³/mol. The van der Waals surface area contributed by atoms with E-state index < -0.39 is 35.7 Å². The van der Waals surface area contributed by atoms with Gasteiger partial charge in [0.15, 0.2) is 0 Å². The van der Waals surface area contributed by atoms with Crippen molar-refractivity contribution in [3.05, 3.63) is 0 Å². The van der Waals surface area contributed by atoms with Crippen LogP contribution in [0.3, 0.4) is 0 Å². The van der Waals surface area contributed by atoms with Crippen molar-refractivity contribution < 1.29 is 24.2 Å². The van der Waals surface area contributed by atoms with Gasteiger partial charge < -0.3 is 25.8 Å². The Labute approximate surface area is 123 Å². The fraction of sp³-hybridized carbons (Fsp3) is 0.769. The molecule has 120 valence electrons. The van der Waals surface area contributed by atoms with Crippen LogP contribution in [-0.4, -0.2) is 58.2 Å². The van der Waals surface area contributed by atoms with Crippen LogP contribution in [0.1, 0.15) is 34.1 Å². The second-order valence-electron chi connectivity index (χ2n) is 6.21. The van der Waals surface area contributed by atoms with Crippen molar-refractivity contribution in [3.8, 4) is 0 Å². The Kier molecular flexibility index (Phi) is 5.16. The first-order chi connectivity index (χ1) is 9.51. The molecule has 1 saturated heterocycles. The van der Waals surface area contributed by atoms with Crippen LogP contribution in [0.25, 0.3) is 0 Å². The van der Waals surface area contributed by atoms with E-state index in [0.29, 0.717) is 0 Å². The van der Waals surface area contributed by atoms with Crippen molar-refractivity contribution >= 4 is 18.0 Å². The van der Waals surface area contributed by atoms with E-state index in [4.69, 9.17) is 15.6 Å². The maximum atomic E-state index is 12.2. The lowest BCUT2D eigenvalue weighted by Crippen LogP contribution is -2.51. The zero-order valence-electron chi connectivity index (χ0n) is 12.8. The highest BCUT2D eigenvalue weighted by Gasteiger charge is 2.40. The van der Waals surface area contributed by atoms with E-state index in [2.05, 4.69) is 5.32 Å². The molecule has 0 saturated carbocycles. The van der Waals surface area contributed by atoms with Gasteiger partial charge in [-0.3, -0.25) is 4.79 Å². The zero-order chi connectivity index (χ0) is 16.4. The number of nitrogens with two attached hydrogens (primary N) is 1. The number of ether oxygens (including phenoxy) is 1. The number of carbonyl (C=O) groups excluding carboxylic acids is 2. The highest BCUT2D eigenvalue weighted by atomic mass is 16.6. The minimum absolute atomic E-state index is 0.163. The molecule has 0 aromatic heterocycles. The number of likely N-dealkylation sites (tertiary alicyclic amines) is 1. The number of nitrogens with one attached hydrogen (secondary N) is 1.